The maximum atomic E-state index is 12.3. The summed E-state index contributed by atoms with van der Waals surface area (Å²) in [5, 5.41) is 5.33. The number of carbonyl (C=O) groups excluding carboxylic acids is 2. The quantitative estimate of drug-likeness (QED) is 0.648. The SMILES string of the molecule is COc1cccc(NC(=O)C(=O)NCC(c2ccccc2)c2ccccc2)c1. The van der Waals surface area contributed by atoms with Gasteiger partial charge in [0, 0.05) is 24.2 Å². The Balaban J connectivity index is 1.67. The van der Waals surface area contributed by atoms with Gasteiger partial charge in [-0.3, -0.25) is 9.59 Å². The fraction of sp³-hybridized carbons (Fsp3) is 0.130. The van der Waals surface area contributed by atoms with Crippen LogP contribution in [0.3, 0.4) is 0 Å². The van der Waals surface area contributed by atoms with Crippen LogP contribution in [0, 0.1) is 0 Å². The third kappa shape index (κ3) is 4.98. The lowest BCUT2D eigenvalue weighted by molar-refractivity contribution is -0.136. The summed E-state index contributed by atoms with van der Waals surface area (Å²) in [5.74, 6) is -0.838. The van der Waals surface area contributed by atoms with E-state index in [9.17, 15) is 9.59 Å². The number of methoxy groups -OCH3 is 1. The molecule has 3 rings (SSSR count). The molecule has 5 nitrogen and oxygen atoms in total. The molecule has 0 aliphatic carbocycles. The fourth-order valence-electron chi connectivity index (χ4n) is 2.96. The predicted molar refractivity (Wildman–Crippen MR) is 109 cm³/mol. The lowest BCUT2D eigenvalue weighted by Crippen LogP contribution is -2.37. The van der Waals surface area contributed by atoms with Crippen molar-refractivity contribution in [1.82, 2.24) is 5.32 Å². The Morgan fingerprint density at radius 1 is 0.821 bits per heavy atom. The van der Waals surface area contributed by atoms with E-state index in [0.29, 0.717) is 18.0 Å². The van der Waals surface area contributed by atoms with Gasteiger partial charge < -0.3 is 15.4 Å². The molecular formula is C23H22N2O3. The van der Waals surface area contributed by atoms with Crippen molar-refractivity contribution in [3.63, 3.8) is 0 Å². The zero-order chi connectivity index (χ0) is 19.8. The molecule has 0 aliphatic rings. The summed E-state index contributed by atoms with van der Waals surface area (Å²) < 4.78 is 5.12. The van der Waals surface area contributed by atoms with Crippen molar-refractivity contribution in [2.45, 2.75) is 5.92 Å². The van der Waals surface area contributed by atoms with E-state index < -0.39 is 11.8 Å². The first-order valence-electron chi connectivity index (χ1n) is 9.00. The zero-order valence-electron chi connectivity index (χ0n) is 15.6. The van der Waals surface area contributed by atoms with E-state index in [4.69, 9.17) is 4.74 Å². The molecule has 0 aliphatic heterocycles. The molecule has 0 fully saturated rings. The average molecular weight is 374 g/mol. The van der Waals surface area contributed by atoms with Crippen LogP contribution in [-0.4, -0.2) is 25.5 Å². The zero-order valence-corrected chi connectivity index (χ0v) is 15.6. The van der Waals surface area contributed by atoms with Crippen molar-refractivity contribution in [2.75, 3.05) is 19.0 Å². The van der Waals surface area contributed by atoms with E-state index in [-0.39, 0.29) is 5.92 Å². The fourth-order valence-corrected chi connectivity index (χ4v) is 2.96. The minimum atomic E-state index is -0.715. The van der Waals surface area contributed by atoms with Crippen molar-refractivity contribution in [3.05, 3.63) is 96.1 Å². The number of carbonyl (C=O) groups is 2. The Hall–Kier alpha value is -3.60. The van der Waals surface area contributed by atoms with Crippen LogP contribution in [0.5, 0.6) is 5.75 Å². The number of amides is 2. The van der Waals surface area contributed by atoms with Crippen LogP contribution in [0.1, 0.15) is 17.0 Å². The highest BCUT2D eigenvalue weighted by molar-refractivity contribution is 6.39. The van der Waals surface area contributed by atoms with Gasteiger partial charge in [0.1, 0.15) is 5.75 Å². The van der Waals surface area contributed by atoms with Crippen molar-refractivity contribution in [3.8, 4) is 5.75 Å². The normalized spacial score (nSPS) is 10.4. The predicted octanol–water partition coefficient (Wildman–Crippen LogP) is 3.58. The lowest BCUT2D eigenvalue weighted by atomic mass is 9.91. The Morgan fingerprint density at radius 2 is 1.43 bits per heavy atom. The molecule has 3 aromatic carbocycles. The molecule has 0 unspecified atom stereocenters. The van der Waals surface area contributed by atoms with Gasteiger partial charge in [-0.15, -0.1) is 0 Å². The van der Waals surface area contributed by atoms with E-state index in [1.54, 1.807) is 31.4 Å². The topological polar surface area (TPSA) is 67.4 Å². The standard InChI is InChI=1S/C23H22N2O3/c1-28-20-14-8-13-19(15-20)25-23(27)22(26)24-16-21(17-9-4-2-5-10-17)18-11-6-3-7-12-18/h2-15,21H,16H2,1H3,(H,24,26)(H,25,27). The highest BCUT2D eigenvalue weighted by Gasteiger charge is 2.18. The molecule has 3 aromatic rings. The Morgan fingerprint density at radius 3 is 2.00 bits per heavy atom. The highest BCUT2D eigenvalue weighted by atomic mass is 16.5. The van der Waals surface area contributed by atoms with Crippen molar-refractivity contribution >= 4 is 17.5 Å². The van der Waals surface area contributed by atoms with E-state index in [1.165, 1.54) is 0 Å². The van der Waals surface area contributed by atoms with Crippen LogP contribution in [0.25, 0.3) is 0 Å². The van der Waals surface area contributed by atoms with Gasteiger partial charge in [-0.1, -0.05) is 66.7 Å². The first-order chi connectivity index (χ1) is 13.7. The number of anilines is 1. The average Bonchev–Trinajstić information content (AvgIpc) is 2.75. The lowest BCUT2D eigenvalue weighted by Gasteiger charge is -2.18. The van der Waals surface area contributed by atoms with Crippen molar-refractivity contribution < 1.29 is 14.3 Å². The molecule has 142 valence electrons. The molecular weight excluding hydrogens is 352 g/mol. The molecule has 0 saturated carbocycles. The Kier molecular flexibility index (Phi) is 6.41. The molecule has 5 heteroatoms. The maximum absolute atomic E-state index is 12.3. The van der Waals surface area contributed by atoms with Gasteiger partial charge in [0.25, 0.3) is 0 Å². The summed E-state index contributed by atoms with van der Waals surface area (Å²) in [5.41, 5.74) is 2.64. The maximum Gasteiger partial charge on any atom is 0.313 e. The molecule has 2 N–H and O–H groups in total. The summed E-state index contributed by atoms with van der Waals surface area (Å²) in [6.45, 7) is 0.318. The van der Waals surface area contributed by atoms with Crippen LogP contribution in [0.2, 0.25) is 0 Å². The molecule has 2 amide bonds. The first-order valence-corrected chi connectivity index (χ1v) is 9.00. The monoisotopic (exact) mass is 374 g/mol. The van der Waals surface area contributed by atoms with Gasteiger partial charge in [-0.2, -0.15) is 0 Å². The van der Waals surface area contributed by atoms with E-state index in [0.717, 1.165) is 11.1 Å². The minimum absolute atomic E-state index is 0.0454. The van der Waals surface area contributed by atoms with Gasteiger partial charge in [0.2, 0.25) is 0 Å². The van der Waals surface area contributed by atoms with E-state index in [2.05, 4.69) is 10.6 Å². The summed E-state index contributed by atoms with van der Waals surface area (Å²) in [6, 6.07) is 26.7. The van der Waals surface area contributed by atoms with Crippen LogP contribution in [0.15, 0.2) is 84.9 Å². The summed E-state index contributed by atoms with van der Waals surface area (Å²) in [6.07, 6.45) is 0. The van der Waals surface area contributed by atoms with Gasteiger partial charge in [0.15, 0.2) is 0 Å². The largest absolute Gasteiger partial charge is 0.497 e. The Bertz CT molecular complexity index is 887. The van der Waals surface area contributed by atoms with E-state index >= 15 is 0 Å². The smallest absolute Gasteiger partial charge is 0.313 e. The van der Waals surface area contributed by atoms with Gasteiger partial charge in [-0.05, 0) is 23.3 Å². The number of hydrogen-bond acceptors (Lipinski definition) is 3. The van der Waals surface area contributed by atoms with Crippen LogP contribution >= 0.6 is 0 Å². The minimum Gasteiger partial charge on any atom is -0.497 e. The number of hydrogen-bond donors (Lipinski definition) is 2. The van der Waals surface area contributed by atoms with Crippen LogP contribution in [0.4, 0.5) is 5.69 Å². The third-order valence-electron chi connectivity index (χ3n) is 4.40. The molecule has 0 bridgehead atoms. The van der Waals surface area contributed by atoms with Crippen molar-refractivity contribution in [2.24, 2.45) is 0 Å². The van der Waals surface area contributed by atoms with Gasteiger partial charge in [0.05, 0.1) is 7.11 Å². The molecule has 0 radical (unpaired) electrons. The molecule has 0 heterocycles. The molecule has 0 aromatic heterocycles. The molecule has 0 atom stereocenters. The second-order valence-corrected chi connectivity index (χ2v) is 6.27. The first kappa shape index (κ1) is 19.2. The number of ether oxygens (including phenoxy) is 1. The van der Waals surface area contributed by atoms with Crippen molar-refractivity contribution in [1.29, 1.82) is 0 Å². The summed E-state index contributed by atoms with van der Waals surface area (Å²) in [4.78, 5) is 24.5. The van der Waals surface area contributed by atoms with Gasteiger partial charge in [-0.25, -0.2) is 0 Å². The van der Waals surface area contributed by atoms with Gasteiger partial charge >= 0.3 is 11.8 Å². The second kappa shape index (κ2) is 9.37. The molecule has 0 spiro atoms. The van der Waals surface area contributed by atoms with E-state index in [1.807, 2.05) is 60.7 Å². The number of benzene rings is 3. The van der Waals surface area contributed by atoms with Crippen LogP contribution in [-0.2, 0) is 9.59 Å². The molecule has 28 heavy (non-hydrogen) atoms. The molecule has 0 saturated heterocycles. The third-order valence-corrected chi connectivity index (χ3v) is 4.40. The highest BCUT2D eigenvalue weighted by Crippen LogP contribution is 2.23. The summed E-state index contributed by atoms with van der Waals surface area (Å²) >= 11 is 0. The second-order valence-electron chi connectivity index (χ2n) is 6.27. The summed E-state index contributed by atoms with van der Waals surface area (Å²) in [7, 11) is 1.54. The number of rotatable bonds is 6. The Labute approximate surface area is 164 Å². The number of nitrogens with one attached hydrogen (secondary N) is 2. The van der Waals surface area contributed by atoms with Crippen LogP contribution < -0.4 is 15.4 Å².